The molecular formula is C13H8ClFN4O2. The zero-order chi connectivity index (χ0) is 15.1. The summed E-state index contributed by atoms with van der Waals surface area (Å²) in [7, 11) is 1.67. The molecule has 0 bridgehead atoms. The van der Waals surface area contributed by atoms with Crippen molar-refractivity contribution in [2.75, 3.05) is 0 Å². The highest BCUT2D eigenvalue weighted by atomic mass is 35.5. The van der Waals surface area contributed by atoms with Crippen LogP contribution in [0.3, 0.4) is 0 Å². The molecule has 0 atom stereocenters. The lowest BCUT2D eigenvalue weighted by molar-refractivity contribution is -0.384. The summed E-state index contributed by atoms with van der Waals surface area (Å²) in [6.07, 6.45) is 1.45. The SMILES string of the molecule is Cn1c(-c2ncccc2F)nc2c(Cl)c([N+](=O)[O-])ccc21. The Balaban J connectivity index is 2.32. The molecule has 1 aromatic carbocycles. The molecule has 0 unspecified atom stereocenters. The van der Waals surface area contributed by atoms with Crippen LogP contribution in [0, 0.1) is 15.9 Å². The van der Waals surface area contributed by atoms with Crippen LogP contribution in [0.25, 0.3) is 22.6 Å². The van der Waals surface area contributed by atoms with Crippen LogP contribution in [-0.4, -0.2) is 19.5 Å². The van der Waals surface area contributed by atoms with Crippen LogP contribution < -0.4 is 0 Å². The van der Waals surface area contributed by atoms with Gasteiger partial charge in [-0.2, -0.15) is 0 Å². The number of rotatable bonds is 2. The topological polar surface area (TPSA) is 73.8 Å². The Labute approximate surface area is 123 Å². The van der Waals surface area contributed by atoms with E-state index in [9.17, 15) is 14.5 Å². The predicted octanol–water partition coefficient (Wildman–Crippen LogP) is 3.34. The second-order valence-corrected chi connectivity index (χ2v) is 4.73. The van der Waals surface area contributed by atoms with Crippen LogP contribution in [0.2, 0.25) is 5.02 Å². The average Bonchev–Trinajstić information content (AvgIpc) is 2.78. The quantitative estimate of drug-likeness (QED) is 0.537. The molecule has 106 valence electrons. The molecule has 0 radical (unpaired) electrons. The van der Waals surface area contributed by atoms with Gasteiger partial charge in [-0.15, -0.1) is 0 Å². The van der Waals surface area contributed by atoms with E-state index in [1.54, 1.807) is 11.6 Å². The largest absolute Gasteiger partial charge is 0.326 e. The number of aromatic nitrogens is 3. The van der Waals surface area contributed by atoms with E-state index in [0.29, 0.717) is 5.52 Å². The van der Waals surface area contributed by atoms with Gasteiger partial charge in [-0.3, -0.25) is 10.1 Å². The lowest BCUT2D eigenvalue weighted by Crippen LogP contribution is -1.97. The molecule has 0 aliphatic heterocycles. The molecule has 21 heavy (non-hydrogen) atoms. The Morgan fingerprint density at radius 1 is 1.38 bits per heavy atom. The third kappa shape index (κ3) is 2.02. The predicted molar refractivity (Wildman–Crippen MR) is 75.6 cm³/mol. The molecule has 0 saturated carbocycles. The molecule has 0 aliphatic carbocycles. The van der Waals surface area contributed by atoms with Gasteiger partial charge in [-0.05, 0) is 18.2 Å². The molecule has 2 heterocycles. The van der Waals surface area contributed by atoms with Crippen LogP contribution >= 0.6 is 11.6 Å². The molecule has 3 rings (SSSR count). The summed E-state index contributed by atoms with van der Waals surface area (Å²) in [6, 6.07) is 5.56. The summed E-state index contributed by atoms with van der Waals surface area (Å²) in [4.78, 5) is 18.5. The summed E-state index contributed by atoms with van der Waals surface area (Å²) < 4.78 is 15.4. The second kappa shape index (κ2) is 4.78. The van der Waals surface area contributed by atoms with Gasteiger partial charge in [0.15, 0.2) is 11.6 Å². The average molecular weight is 307 g/mol. The number of hydrogen-bond acceptors (Lipinski definition) is 4. The van der Waals surface area contributed by atoms with Crippen molar-refractivity contribution in [3.8, 4) is 11.5 Å². The zero-order valence-corrected chi connectivity index (χ0v) is 11.5. The highest BCUT2D eigenvalue weighted by molar-refractivity contribution is 6.37. The van der Waals surface area contributed by atoms with E-state index >= 15 is 0 Å². The van der Waals surface area contributed by atoms with Gasteiger partial charge < -0.3 is 4.57 Å². The van der Waals surface area contributed by atoms with E-state index in [1.807, 2.05) is 0 Å². The number of pyridine rings is 1. The lowest BCUT2D eigenvalue weighted by Gasteiger charge is -2.02. The molecule has 0 saturated heterocycles. The number of benzene rings is 1. The fourth-order valence-corrected chi connectivity index (χ4v) is 2.39. The maximum atomic E-state index is 13.8. The first kappa shape index (κ1) is 13.4. The van der Waals surface area contributed by atoms with Crippen molar-refractivity contribution >= 4 is 28.3 Å². The van der Waals surface area contributed by atoms with Crippen molar-refractivity contribution in [3.63, 3.8) is 0 Å². The molecule has 8 heteroatoms. The molecule has 2 aromatic heterocycles. The summed E-state index contributed by atoms with van der Waals surface area (Å²) in [6.45, 7) is 0. The third-order valence-corrected chi connectivity index (χ3v) is 3.51. The van der Waals surface area contributed by atoms with Gasteiger partial charge in [-0.25, -0.2) is 14.4 Å². The Morgan fingerprint density at radius 2 is 2.14 bits per heavy atom. The number of halogens is 2. The maximum absolute atomic E-state index is 13.8. The first-order valence-corrected chi connectivity index (χ1v) is 6.28. The molecule has 0 amide bonds. The first-order chi connectivity index (χ1) is 10.0. The minimum atomic E-state index is -0.586. The fourth-order valence-electron chi connectivity index (χ4n) is 2.12. The normalized spacial score (nSPS) is 11.0. The number of nitro groups is 1. The van der Waals surface area contributed by atoms with Crippen molar-refractivity contribution in [2.24, 2.45) is 7.05 Å². The van der Waals surface area contributed by atoms with Gasteiger partial charge in [0.1, 0.15) is 16.2 Å². The van der Waals surface area contributed by atoms with Gasteiger partial charge in [0.2, 0.25) is 0 Å². The smallest absolute Gasteiger partial charge is 0.290 e. The number of fused-ring (bicyclic) bond motifs is 1. The molecule has 0 fully saturated rings. The van der Waals surface area contributed by atoms with E-state index < -0.39 is 10.7 Å². The molecule has 6 nitrogen and oxygen atoms in total. The van der Waals surface area contributed by atoms with Crippen LogP contribution in [0.1, 0.15) is 0 Å². The summed E-state index contributed by atoms with van der Waals surface area (Å²) in [5, 5.41) is 10.8. The number of aryl methyl sites for hydroxylation is 1. The number of imidazole rings is 1. The van der Waals surface area contributed by atoms with Crippen LogP contribution in [0.15, 0.2) is 30.5 Å². The third-order valence-electron chi connectivity index (χ3n) is 3.14. The van der Waals surface area contributed by atoms with E-state index in [1.165, 1.54) is 30.5 Å². The van der Waals surface area contributed by atoms with Crippen molar-refractivity contribution in [1.82, 2.24) is 14.5 Å². The summed E-state index contributed by atoms with van der Waals surface area (Å²) in [5.41, 5.74) is 0.629. The molecule has 0 spiro atoms. The molecule has 0 aliphatic rings. The van der Waals surface area contributed by atoms with Crippen LogP contribution in [0.5, 0.6) is 0 Å². The van der Waals surface area contributed by atoms with E-state index in [4.69, 9.17) is 11.6 Å². The lowest BCUT2D eigenvalue weighted by atomic mass is 10.3. The van der Waals surface area contributed by atoms with Gasteiger partial charge in [0.05, 0.1) is 10.4 Å². The van der Waals surface area contributed by atoms with E-state index in [2.05, 4.69) is 9.97 Å². The van der Waals surface area contributed by atoms with Gasteiger partial charge in [0.25, 0.3) is 5.69 Å². The first-order valence-electron chi connectivity index (χ1n) is 5.91. The maximum Gasteiger partial charge on any atom is 0.290 e. The highest BCUT2D eigenvalue weighted by Gasteiger charge is 2.21. The standard InChI is InChI=1S/C13H8ClFN4O2/c1-18-9-5-4-8(19(20)21)10(14)12(9)17-13(18)11-7(15)3-2-6-16-11/h2-6H,1H3. The van der Waals surface area contributed by atoms with E-state index in [0.717, 1.165) is 0 Å². The molecular weight excluding hydrogens is 299 g/mol. The van der Waals surface area contributed by atoms with E-state index in [-0.39, 0.29) is 27.7 Å². The minimum Gasteiger partial charge on any atom is -0.326 e. The Morgan fingerprint density at radius 3 is 2.81 bits per heavy atom. The van der Waals surface area contributed by atoms with Crippen LogP contribution in [0.4, 0.5) is 10.1 Å². The van der Waals surface area contributed by atoms with Gasteiger partial charge >= 0.3 is 0 Å². The molecule has 0 N–H and O–H groups in total. The monoisotopic (exact) mass is 306 g/mol. The summed E-state index contributed by atoms with van der Waals surface area (Å²) >= 11 is 6.02. The fraction of sp³-hybridized carbons (Fsp3) is 0.0769. The van der Waals surface area contributed by atoms with Crippen molar-refractivity contribution in [1.29, 1.82) is 0 Å². The zero-order valence-electron chi connectivity index (χ0n) is 10.7. The molecule has 3 aromatic rings. The minimum absolute atomic E-state index is 0.0647. The van der Waals surface area contributed by atoms with Crippen molar-refractivity contribution in [2.45, 2.75) is 0 Å². The highest BCUT2D eigenvalue weighted by Crippen LogP contribution is 2.34. The Kier molecular flexibility index (Phi) is 3.06. The summed E-state index contributed by atoms with van der Waals surface area (Å²) in [5.74, 6) is -0.271. The van der Waals surface area contributed by atoms with Crippen molar-refractivity contribution < 1.29 is 9.31 Å². The van der Waals surface area contributed by atoms with Gasteiger partial charge in [0, 0.05) is 19.3 Å². The Hall–Kier alpha value is -2.54. The van der Waals surface area contributed by atoms with Crippen LogP contribution in [-0.2, 0) is 7.05 Å². The number of nitro benzene ring substituents is 1. The number of hydrogen-bond donors (Lipinski definition) is 0. The number of nitrogens with zero attached hydrogens (tertiary/aromatic N) is 4. The van der Waals surface area contributed by atoms with Gasteiger partial charge in [-0.1, -0.05) is 11.6 Å². The van der Waals surface area contributed by atoms with Crippen molar-refractivity contribution in [3.05, 3.63) is 51.4 Å². The second-order valence-electron chi connectivity index (χ2n) is 4.35. The Bertz CT molecular complexity index is 878.